The smallest absolute Gasteiger partial charge is 0.412 e. The monoisotopic (exact) mass is 314 g/mol. The van der Waals surface area contributed by atoms with E-state index in [1.165, 1.54) is 6.07 Å². The molecule has 1 N–H and O–H groups in total. The van der Waals surface area contributed by atoms with E-state index in [1.54, 1.807) is 26.8 Å². The predicted octanol–water partition coefficient (Wildman–Crippen LogP) is 3.81. The van der Waals surface area contributed by atoms with Gasteiger partial charge in [0.2, 0.25) is 0 Å². The van der Waals surface area contributed by atoms with Gasteiger partial charge in [0, 0.05) is 4.47 Å². The fraction of sp³-hybridized carbons (Fsp3) is 0.333. The Bertz CT molecular complexity index is 518. The van der Waals surface area contributed by atoms with Gasteiger partial charge in [-0.1, -0.05) is 0 Å². The molecular weight excluding hydrogens is 303 g/mol. The third-order valence-electron chi connectivity index (χ3n) is 1.84. The zero-order valence-corrected chi connectivity index (χ0v) is 11.8. The summed E-state index contributed by atoms with van der Waals surface area (Å²) in [6.07, 6.45) is -0.745. The van der Waals surface area contributed by atoms with Crippen molar-refractivity contribution in [2.75, 3.05) is 5.32 Å². The second kappa shape index (κ2) is 5.36. The Balaban J connectivity index is 3.02. The molecule has 0 heterocycles. The SMILES string of the molecule is CC(C)(C)OC(=O)Nc1c(Br)ccc(F)c1C#N. The minimum atomic E-state index is -0.745. The van der Waals surface area contributed by atoms with Crippen LogP contribution in [0, 0.1) is 17.1 Å². The molecule has 0 unspecified atom stereocenters. The number of rotatable bonds is 1. The molecule has 1 aromatic carbocycles. The van der Waals surface area contributed by atoms with Crippen LogP contribution in [0.15, 0.2) is 16.6 Å². The second-order valence-electron chi connectivity index (χ2n) is 4.52. The van der Waals surface area contributed by atoms with E-state index >= 15 is 0 Å². The fourth-order valence-electron chi connectivity index (χ4n) is 1.19. The summed E-state index contributed by atoms with van der Waals surface area (Å²) >= 11 is 3.14. The van der Waals surface area contributed by atoms with Gasteiger partial charge < -0.3 is 4.74 Å². The number of hydrogen-bond acceptors (Lipinski definition) is 3. The molecule has 0 spiro atoms. The molecule has 1 aromatic rings. The fourth-order valence-corrected chi connectivity index (χ4v) is 1.62. The van der Waals surface area contributed by atoms with Gasteiger partial charge >= 0.3 is 6.09 Å². The quantitative estimate of drug-likeness (QED) is 0.857. The summed E-state index contributed by atoms with van der Waals surface area (Å²) < 4.78 is 18.8. The maximum Gasteiger partial charge on any atom is 0.412 e. The lowest BCUT2D eigenvalue weighted by Crippen LogP contribution is -2.27. The van der Waals surface area contributed by atoms with Crippen LogP contribution in [0.2, 0.25) is 0 Å². The maximum absolute atomic E-state index is 13.4. The number of amides is 1. The Hall–Kier alpha value is -1.61. The van der Waals surface area contributed by atoms with Crippen molar-refractivity contribution >= 4 is 27.7 Å². The van der Waals surface area contributed by atoms with Crippen LogP contribution in [-0.4, -0.2) is 11.7 Å². The van der Waals surface area contributed by atoms with E-state index in [-0.39, 0.29) is 11.3 Å². The summed E-state index contributed by atoms with van der Waals surface area (Å²) in [4.78, 5) is 11.6. The lowest BCUT2D eigenvalue weighted by atomic mass is 10.2. The van der Waals surface area contributed by atoms with Crippen molar-refractivity contribution < 1.29 is 13.9 Å². The first-order chi connectivity index (χ1) is 8.24. The van der Waals surface area contributed by atoms with E-state index in [0.717, 1.165) is 6.07 Å². The summed E-state index contributed by atoms with van der Waals surface area (Å²) in [5, 5.41) is 11.2. The lowest BCUT2D eigenvalue weighted by Gasteiger charge is -2.20. The van der Waals surface area contributed by atoms with Crippen molar-refractivity contribution in [2.24, 2.45) is 0 Å². The molecule has 18 heavy (non-hydrogen) atoms. The molecule has 0 atom stereocenters. The Morgan fingerprint density at radius 1 is 1.50 bits per heavy atom. The Morgan fingerprint density at radius 3 is 2.61 bits per heavy atom. The summed E-state index contributed by atoms with van der Waals surface area (Å²) in [5.41, 5.74) is -0.849. The standard InChI is InChI=1S/C12H12BrFN2O2/c1-12(2,3)18-11(17)16-10-7(6-15)9(14)5-4-8(10)13/h4-5H,1-3H3,(H,16,17). The van der Waals surface area contributed by atoms with Gasteiger partial charge in [0.1, 0.15) is 23.1 Å². The van der Waals surface area contributed by atoms with Crippen molar-refractivity contribution in [3.63, 3.8) is 0 Å². The number of nitriles is 1. The third kappa shape index (κ3) is 3.70. The minimum absolute atomic E-state index is 0.0618. The molecule has 0 aliphatic rings. The number of halogens is 2. The average molecular weight is 315 g/mol. The van der Waals surface area contributed by atoms with E-state index < -0.39 is 17.5 Å². The van der Waals surface area contributed by atoms with Crippen LogP contribution < -0.4 is 5.32 Å². The summed E-state index contributed by atoms with van der Waals surface area (Å²) in [6, 6.07) is 4.25. The highest BCUT2D eigenvalue weighted by Crippen LogP contribution is 2.28. The van der Waals surface area contributed by atoms with Crippen LogP contribution >= 0.6 is 15.9 Å². The molecule has 0 aliphatic heterocycles. The van der Waals surface area contributed by atoms with Crippen LogP contribution in [0.5, 0.6) is 0 Å². The highest BCUT2D eigenvalue weighted by Gasteiger charge is 2.19. The molecule has 0 saturated carbocycles. The molecule has 0 aliphatic carbocycles. The van der Waals surface area contributed by atoms with E-state index in [1.807, 2.05) is 0 Å². The topological polar surface area (TPSA) is 62.1 Å². The molecule has 0 saturated heterocycles. The molecule has 4 nitrogen and oxygen atoms in total. The highest BCUT2D eigenvalue weighted by molar-refractivity contribution is 9.10. The molecule has 6 heteroatoms. The molecule has 0 aromatic heterocycles. The first-order valence-electron chi connectivity index (χ1n) is 5.12. The van der Waals surface area contributed by atoms with E-state index in [9.17, 15) is 9.18 Å². The average Bonchev–Trinajstić information content (AvgIpc) is 2.21. The largest absolute Gasteiger partial charge is 0.444 e. The van der Waals surface area contributed by atoms with Crippen molar-refractivity contribution in [2.45, 2.75) is 26.4 Å². The van der Waals surface area contributed by atoms with Gasteiger partial charge in [-0.2, -0.15) is 5.26 Å². The Labute approximate surface area is 113 Å². The lowest BCUT2D eigenvalue weighted by molar-refractivity contribution is 0.0636. The molecule has 0 radical (unpaired) electrons. The number of benzene rings is 1. The van der Waals surface area contributed by atoms with Crippen LogP contribution in [-0.2, 0) is 4.74 Å². The molecule has 0 fully saturated rings. The van der Waals surface area contributed by atoms with Gasteiger partial charge in [-0.15, -0.1) is 0 Å². The summed E-state index contributed by atoms with van der Waals surface area (Å²) in [5.74, 6) is -0.702. The number of anilines is 1. The van der Waals surface area contributed by atoms with Gasteiger partial charge in [-0.25, -0.2) is 9.18 Å². The molecule has 0 bridgehead atoms. The number of carbonyl (C=O) groups is 1. The predicted molar refractivity (Wildman–Crippen MR) is 68.7 cm³/mol. The van der Waals surface area contributed by atoms with Gasteiger partial charge in [0.05, 0.1) is 5.69 Å². The number of nitrogens with zero attached hydrogens (tertiary/aromatic N) is 1. The van der Waals surface area contributed by atoms with Crippen LogP contribution in [0.25, 0.3) is 0 Å². The zero-order chi connectivity index (χ0) is 13.9. The molecule has 1 rings (SSSR count). The van der Waals surface area contributed by atoms with Crippen LogP contribution in [0.4, 0.5) is 14.9 Å². The number of nitrogens with one attached hydrogen (secondary N) is 1. The van der Waals surface area contributed by atoms with Crippen molar-refractivity contribution in [3.05, 3.63) is 28.0 Å². The van der Waals surface area contributed by atoms with Crippen LogP contribution in [0.1, 0.15) is 26.3 Å². The molecular formula is C12H12BrFN2O2. The second-order valence-corrected chi connectivity index (χ2v) is 5.37. The Kier molecular flexibility index (Phi) is 4.30. The molecule has 1 amide bonds. The van der Waals surface area contributed by atoms with Gasteiger partial charge in [0.25, 0.3) is 0 Å². The van der Waals surface area contributed by atoms with Gasteiger partial charge in [-0.3, -0.25) is 5.32 Å². The number of hydrogen-bond donors (Lipinski definition) is 1. The van der Waals surface area contributed by atoms with Crippen LogP contribution in [0.3, 0.4) is 0 Å². The van der Waals surface area contributed by atoms with E-state index in [4.69, 9.17) is 10.00 Å². The third-order valence-corrected chi connectivity index (χ3v) is 2.50. The van der Waals surface area contributed by atoms with Gasteiger partial charge in [-0.05, 0) is 48.8 Å². The highest BCUT2D eigenvalue weighted by atomic mass is 79.9. The van der Waals surface area contributed by atoms with Gasteiger partial charge in [0.15, 0.2) is 0 Å². The number of ether oxygens (including phenoxy) is 1. The minimum Gasteiger partial charge on any atom is -0.444 e. The normalized spacial score (nSPS) is 10.7. The van der Waals surface area contributed by atoms with Crippen molar-refractivity contribution in [1.82, 2.24) is 0 Å². The number of carbonyl (C=O) groups excluding carboxylic acids is 1. The van der Waals surface area contributed by atoms with E-state index in [0.29, 0.717) is 4.47 Å². The van der Waals surface area contributed by atoms with Crippen molar-refractivity contribution in [1.29, 1.82) is 5.26 Å². The Morgan fingerprint density at radius 2 is 2.11 bits per heavy atom. The first kappa shape index (κ1) is 14.5. The first-order valence-corrected chi connectivity index (χ1v) is 5.92. The van der Waals surface area contributed by atoms with E-state index in [2.05, 4.69) is 21.2 Å². The summed E-state index contributed by atoms with van der Waals surface area (Å²) in [6.45, 7) is 5.12. The maximum atomic E-state index is 13.4. The van der Waals surface area contributed by atoms with Crippen molar-refractivity contribution in [3.8, 4) is 6.07 Å². The molecule has 96 valence electrons. The summed E-state index contributed by atoms with van der Waals surface area (Å²) in [7, 11) is 0. The zero-order valence-electron chi connectivity index (χ0n) is 10.2.